The van der Waals surface area contributed by atoms with Gasteiger partial charge in [0.25, 0.3) is 5.91 Å². The molecule has 0 fully saturated rings. The molecule has 0 aliphatic heterocycles. The zero-order valence-electron chi connectivity index (χ0n) is 9.50. The Hall–Kier alpha value is -1.57. The number of carbonyl (C=O) groups is 1. The zero-order valence-corrected chi connectivity index (χ0v) is 9.50. The minimum Gasteiger partial charge on any atom is -0.347 e. The van der Waals surface area contributed by atoms with Gasteiger partial charge in [-0.15, -0.1) is 0 Å². The van der Waals surface area contributed by atoms with E-state index in [1.165, 1.54) is 0 Å². The number of hydrogen-bond donors (Lipinski definition) is 1. The second-order valence-corrected chi connectivity index (χ2v) is 4.53. The van der Waals surface area contributed by atoms with Crippen molar-refractivity contribution in [3.05, 3.63) is 42.0 Å². The van der Waals surface area contributed by atoms with Crippen LogP contribution in [0.2, 0.25) is 0 Å². The van der Waals surface area contributed by atoms with Crippen molar-refractivity contribution in [1.82, 2.24) is 5.32 Å². The maximum absolute atomic E-state index is 11.7. The Labute approximate surface area is 91.0 Å². The Bertz CT molecular complexity index is 357. The lowest BCUT2D eigenvalue weighted by molar-refractivity contribution is 0.0919. The smallest absolute Gasteiger partial charge is 0.251 e. The SMILES string of the molecule is C=Cc1ccc(C(=O)NC(C)(C)C)cc1. The van der Waals surface area contributed by atoms with Crippen molar-refractivity contribution in [3.63, 3.8) is 0 Å². The molecule has 2 nitrogen and oxygen atoms in total. The topological polar surface area (TPSA) is 29.1 Å². The maximum Gasteiger partial charge on any atom is 0.251 e. The molecule has 15 heavy (non-hydrogen) atoms. The first kappa shape index (κ1) is 11.5. The second kappa shape index (κ2) is 4.30. The lowest BCUT2D eigenvalue weighted by atomic mass is 10.1. The molecule has 0 saturated carbocycles. The van der Waals surface area contributed by atoms with Gasteiger partial charge in [-0.1, -0.05) is 24.8 Å². The van der Waals surface area contributed by atoms with E-state index in [-0.39, 0.29) is 11.4 Å². The van der Waals surface area contributed by atoms with Gasteiger partial charge in [-0.3, -0.25) is 4.79 Å². The van der Waals surface area contributed by atoms with E-state index in [0.29, 0.717) is 5.56 Å². The molecule has 0 aliphatic rings. The van der Waals surface area contributed by atoms with E-state index in [0.717, 1.165) is 5.56 Å². The lowest BCUT2D eigenvalue weighted by Gasteiger charge is -2.20. The predicted octanol–water partition coefficient (Wildman–Crippen LogP) is 2.86. The van der Waals surface area contributed by atoms with Crippen LogP contribution in [-0.4, -0.2) is 11.4 Å². The van der Waals surface area contributed by atoms with Crippen LogP contribution in [0.1, 0.15) is 36.7 Å². The standard InChI is InChI=1S/C13H17NO/c1-5-10-6-8-11(9-7-10)12(15)14-13(2,3)4/h5-9H,1H2,2-4H3,(H,14,15). The van der Waals surface area contributed by atoms with Crippen LogP contribution in [0.4, 0.5) is 0 Å². The molecule has 0 heterocycles. The van der Waals surface area contributed by atoms with Gasteiger partial charge in [-0.25, -0.2) is 0 Å². The molecule has 0 atom stereocenters. The summed E-state index contributed by atoms with van der Waals surface area (Å²) in [6.45, 7) is 9.55. The van der Waals surface area contributed by atoms with Gasteiger partial charge in [0, 0.05) is 11.1 Å². The van der Waals surface area contributed by atoms with E-state index in [2.05, 4.69) is 11.9 Å². The van der Waals surface area contributed by atoms with Gasteiger partial charge in [0.05, 0.1) is 0 Å². The average molecular weight is 203 g/mol. The molecule has 1 rings (SSSR count). The fourth-order valence-corrected chi connectivity index (χ4v) is 1.18. The molecule has 0 aromatic heterocycles. The van der Waals surface area contributed by atoms with Crippen molar-refractivity contribution in [2.75, 3.05) is 0 Å². The summed E-state index contributed by atoms with van der Waals surface area (Å²) in [6.07, 6.45) is 1.76. The lowest BCUT2D eigenvalue weighted by Crippen LogP contribution is -2.40. The highest BCUT2D eigenvalue weighted by molar-refractivity contribution is 5.94. The Kier molecular flexibility index (Phi) is 3.30. The largest absolute Gasteiger partial charge is 0.347 e. The number of nitrogens with one attached hydrogen (secondary N) is 1. The third kappa shape index (κ3) is 3.58. The van der Waals surface area contributed by atoms with Crippen LogP contribution in [0.15, 0.2) is 30.8 Å². The summed E-state index contributed by atoms with van der Waals surface area (Å²) < 4.78 is 0. The van der Waals surface area contributed by atoms with Crippen LogP contribution in [0, 0.1) is 0 Å². The van der Waals surface area contributed by atoms with Gasteiger partial charge in [-0.05, 0) is 38.5 Å². The number of amides is 1. The first-order valence-corrected chi connectivity index (χ1v) is 4.97. The minimum atomic E-state index is -0.200. The van der Waals surface area contributed by atoms with Gasteiger partial charge in [0.2, 0.25) is 0 Å². The summed E-state index contributed by atoms with van der Waals surface area (Å²) in [6, 6.07) is 7.37. The molecule has 0 bridgehead atoms. The molecular formula is C13H17NO. The normalized spacial score (nSPS) is 10.9. The highest BCUT2D eigenvalue weighted by Gasteiger charge is 2.14. The Morgan fingerprint density at radius 1 is 1.27 bits per heavy atom. The van der Waals surface area contributed by atoms with Crippen molar-refractivity contribution in [2.24, 2.45) is 0 Å². The number of rotatable bonds is 2. The summed E-state index contributed by atoms with van der Waals surface area (Å²) in [5, 5.41) is 2.91. The van der Waals surface area contributed by atoms with Crippen molar-refractivity contribution in [2.45, 2.75) is 26.3 Å². The van der Waals surface area contributed by atoms with Gasteiger partial charge >= 0.3 is 0 Å². The van der Waals surface area contributed by atoms with E-state index in [9.17, 15) is 4.79 Å². The third-order valence-corrected chi connectivity index (χ3v) is 1.90. The molecule has 0 aliphatic carbocycles. The van der Waals surface area contributed by atoms with E-state index < -0.39 is 0 Å². The van der Waals surface area contributed by atoms with Crippen molar-refractivity contribution in [1.29, 1.82) is 0 Å². The molecule has 1 aromatic carbocycles. The fourth-order valence-electron chi connectivity index (χ4n) is 1.18. The van der Waals surface area contributed by atoms with E-state index in [1.54, 1.807) is 18.2 Å². The Morgan fingerprint density at radius 3 is 2.20 bits per heavy atom. The van der Waals surface area contributed by atoms with Crippen molar-refractivity contribution < 1.29 is 4.79 Å². The summed E-state index contributed by atoms with van der Waals surface area (Å²) in [7, 11) is 0. The number of benzene rings is 1. The van der Waals surface area contributed by atoms with Crippen LogP contribution in [-0.2, 0) is 0 Å². The van der Waals surface area contributed by atoms with Crippen LogP contribution in [0.25, 0.3) is 6.08 Å². The summed E-state index contributed by atoms with van der Waals surface area (Å²) in [5.41, 5.74) is 1.49. The molecule has 0 radical (unpaired) electrons. The van der Waals surface area contributed by atoms with Gasteiger partial charge < -0.3 is 5.32 Å². The van der Waals surface area contributed by atoms with E-state index >= 15 is 0 Å². The summed E-state index contributed by atoms with van der Waals surface area (Å²) in [4.78, 5) is 11.7. The van der Waals surface area contributed by atoms with Gasteiger partial charge in [0.1, 0.15) is 0 Å². The number of carbonyl (C=O) groups excluding carboxylic acids is 1. The van der Waals surface area contributed by atoms with Crippen molar-refractivity contribution >= 4 is 12.0 Å². The van der Waals surface area contributed by atoms with Crippen LogP contribution < -0.4 is 5.32 Å². The summed E-state index contributed by atoms with van der Waals surface area (Å²) >= 11 is 0. The second-order valence-electron chi connectivity index (χ2n) is 4.53. The zero-order chi connectivity index (χ0) is 11.5. The third-order valence-electron chi connectivity index (χ3n) is 1.90. The molecule has 0 unspecified atom stereocenters. The number of hydrogen-bond acceptors (Lipinski definition) is 1. The van der Waals surface area contributed by atoms with Crippen LogP contribution >= 0.6 is 0 Å². The molecule has 80 valence electrons. The van der Waals surface area contributed by atoms with Crippen LogP contribution in [0.5, 0.6) is 0 Å². The first-order chi connectivity index (χ1) is 6.92. The minimum absolute atomic E-state index is 0.0434. The van der Waals surface area contributed by atoms with Crippen molar-refractivity contribution in [3.8, 4) is 0 Å². The Balaban J connectivity index is 2.79. The molecule has 2 heteroatoms. The van der Waals surface area contributed by atoms with E-state index in [1.807, 2.05) is 32.9 Å². The molecule has 1 amide bonds. The van der Waals surface area contributed by atoms with E-state index in [4.69, 9.17) is 0 Å². The monoisotopic (exact) mass is 203 g/mol. The average Bonchev–Trinajstić information content (AvgIpc) is 2.15. The van der Waals surface area contributed by atoms with Gasteiger partial charge in [-0.2, -0.15) is 0 Å². The molecular weight excluding hydrogens is 186 g/mol. The predicted molar refractivity (Wildman–Crippen MR) is 63.8 cm³/mol. The fraction of sp³-hybridized carbons (Fsp3) is 0.308. The highest BCUT2D eigenvalue weighted by Crippen LogP contribution is 2.07. The van der Waals surface area contributed by atoms with Gasteiger partial charge in [0.15, 0.2) is 0 Å². The Morgan fingerprint density at radius 2 is 1.80 bits per heavy atom. The quantitative estimate of drug-likeness (QED) is 0.786. The first-order valence-electron chi connectivity index (χ1n) is 4.97. The molecule has 1 aromatic rings. The van der Waals surface area contributed by atoms with Crippen LogP contribution in [0.3, 0.4) is 0 Å². The summed E-state index contributed by atoms with van der Waals surface area (Å²) in [5.74, 6) is -0.0434. The molecule has 1 N–H and O–H groups in total. The highest BCUT2D eigenvalue weighted by atomic mass is 16.1. The molecule has 0 saturated heterocycles. The maximum atomic E-state index is 11.7. The molecule has 0 spiro atoms.